The van der Waals surface area contributed by atoms with Crippen molar-refractivity contribution in [3.8, 4) is 0 Å². The second kappa shape index (κ2) is 13.1. The molecule has 6 nitrogen and oxygen atoms in total. The van der Waals surface area contributed by atoms with Crippen LogP contribution in [0.3, 0.4) is 0 Å². The quantitative estimate of drug-likeness (QED) is 0.276. The molecular weight excluding hydrogens is 601 g/mol. The third-order valence-electron chi connectivity index (χ3n) is 13.6. The molecule has 0 radical (unpaired) electrons. The van der Waals surface area contributed by atoms with Crippen LogP contribution >= 0.6 is 23.5 Å². The number of likely N-dealkylation sites (tertiary alicyclic amines) is 1. The Morgan fingerprint density at radius 1 is 0.956 bits per heavy atom. The van der Waals surface area contributed by atoms with E-state index in [-0.39, 0.29) is 34.5 Å². The number of ether oxygens (including phenoxy) is 1. The molecule has 8 heteroatoms. The van der Waals surface area contributed by atoms with Crippen LogP contribution < -0.4 is 5.32 Å². The van der Waals surface area contributed by atoms with Gasteiger partial charge in [-0.15, -0.1) is 0 Å². The molecule has 4 bridgehead atoms. The molecule has 3 unspecified atom stereocenters. The highest BCUT2D eigenvalue weighted by molar-refractivity contribution is 7.99. The van der Waals surface area contributed by atoms with Crippen molar-refractivity contribution in [2.45, 2.75) is 137 Å². The lowest BCUT2D eigenvalue weighted by molar-refractivity contribution is -0.127. The summed E-state index contributed by atoms with van der Waals surface area (Å²) >= 11 is 3.96. The summed E-state index contributed by atoms with van der Waals surface area (Å²) in [5, 5.41) is 14.1. The molecule has 45 heavy (non-hydrogen) atoms. The van der Waals surface area contributed by atoms with Gasteiger partial charge in [0, 0.05) is 58.9 Å². The van der Waals surface area contributed by atoms with Crippen LogP contribution in [0.25, 0.3) is 0 Å². The van der Waals surface area contributed by atoms with Crippen LogP contribution in [0.5, 0.6) is 0 Å². The minimum absolute atomic E-state index is 0.0517. The summed E-state index contributed by atoms with van der Waals surface area (Å²) in [5.41, 5.74) is 0.0787. The van der Waals surface area contributed by atoms with Gasteiger partial charge in [0.25, 0.3) is 0 Å². The number of carbonyl (C=O) groups is 2. The number of fused-ring (bicyclic) bond motifs is 4. The average Bonchev–Trinajstić information content (AvgIpc) is 3.71. The van der Waals surface area contributed by atoms with Crippen molar-refractivity contribution in [1.29, 1.82) is 0 Å². The number of hydrogen-bond acceptors (Lipinski definition) is 7. The van der Waals surface area contributed by atoms with Gasteiger partial charge < -0.3 is 20.1 Å². The maximum atomic E-state index is 12.7. The van der Waals surface area contributed by atoms with E-state index in [1.807, 2.05) is 37.4 Å². The zero-order valence-electron chi connectivity index (χ0n) is 29.9. The van der Waals surface area contributed by atoms with Crippen LogP contribution in [0, 0.1) is 45.3 Å². The number of nitrogens with one attached hydrogen (secondary N) is 1. The summed E-state index contributed by atoms with van der Waals surface area (Å²) in [7, 11) is 0. The fourth-order valence-electron chi connectivity index (χ4n) is 10.2. The van der Waals surface area contributed by atoms with E-state index in [1.165, 1.54) is 38.0 Å². The standard InChI is InChI=1S/C21H35NO3S.C16H29NOS/c1-14-9-16(22(11-14)18(24)25-19(2,3)4)12-26-13-21-8-7-15(10-17(21)23)20(21,5)6;1-11-6-13(17-8-11)9-19-10-16-5-4-12(7-14(16)18)15(16,2)3/h14-16H,7-13H2,1-6H3;11-14,17-18H,4-10H2,1-3H3/t14-,15?,16+,21-;11-,12?,13+,14?,16-/m11/s1. The molecule has 2 heterocycles. The second-order valence-electron chi connectivity index (χ2n) is 18.1. The molecule has 258 valence electrons. The van der Waals surface area contributed by atoms with Crippen LogP contribution in [-0.4, -0.2) is 81.8 Å². The number of aliphatic hydroxyl groups is 1. The van der Waals surface area contributed by atoms with Crippen LogP contribution in [0.1, 0.15) is 114 Å². The predicted octanol–water partition coefficient (Wildman–Crippen LogP) is 7.67. The van der Waals surface area contributed by atoms with Crippen molar-refractivity contribution in [2.24, 2.45) is 45.3 Å². The molecule has 0 aromatic heterocycles. The zero-order valence-corrected chi connectivity index (χ0v) is 31.5. The number of rotatable bonds is 8. The Morgan fingerprint density at radius 3 is 2.18 bits per heavy atom. The van der Waals surface area contributed by atoms with E-state index in [2.05, 4.69) is 58.6 Å². The number of Topliss-reactive ketones (excluding diaryl/α,β-unsaturated/α-hetero) is 1. The first-order valence-electron chi connectivity index (χ1n) is 18.0. The first-order chi connectivity index (χ1) is 20.9. The van der Waals surface area contributed by atoms with Crippen molar-refractivity contribution in [3.05, 3.63) is 0 Å². The van der Waals surface area contributed by atoms with E-state index < -0.39 is 5.60 Å². The van der Waals surface area contributed by atoms with Gasteiger partial charge in [0.1, 0.15) is 11.4 Å². The van der Waals surface area contributed by atoms with Crippen LogP contribution in [-0.2, 0) is 9.53 Å². The number of thioether (sulfide) groups is 2. The molecule has 0 spiro atoms. The maximum Gasteiger partial charge on any atom is 0.410 e. The number of hydrogen-bond donors (Lipinski definition) is 2. The summed E-state index contributed by atoms with van der Waals surface area (Å²) in [6.07, 6.45) is 8.76. The summed E-state index contributed by atoms with van der Waals surface area (Å²) in [6, 6.07) is 0.924. The van der Waals surface area contributed by atoms with Crippen molar-refractivity contribution in [3.63, 3.8) is 0 Å². The Bertz CT molecular complexity index is 1090. The van der Waals surface area contributed by atoms with Crippen molar-refractivity contribution in [1.82, 2.24) is 10.2 Å². The van der Waals surface area contributed by atoms with Gasteiger partial charge >= 0.3 is 6.09 Å². The predicted molar refractivity (Wildman–Crippen MR) is 189 cm³/mol. The molecule has 6 fully saturated rings. The smallest absolute Gasteiger partial charge is 0.410 e. The van der Waals surface area contributed by atoms with Crippen LogP contribution in [0.2, 0.25) is 0 Å². The number of ketones is 1. The summed E-state index contributed by atoms with van der Waals surface area (Å²) in [5.74, 6) is 7.34. The van der Waals surface area contributed by atoms with E-state index >= 15 is 0 Å². The monoisotopic (exact) mass is 664 g/mol. The van der Waals surface area contributed by atoms with Crippen molar-refractivity contribution < 1.29 is 19.4 Å². The molecule has 2 saturated heterocycles. The van der Waals surface area contributed by atoms with Crippen molar-refractivity contribution in [2.75, 3.05) is 36.1 Å². The fourth-order valence-corrected chi connectivity index (χ4v) is 13.7. The fraction of sp³-hybridized carbons (Fsp3) is 0.946. The van der Waals surface area contributed by atoms with Gasteiger partial charge in [0.05, 0.1) is 6.10 Å². The Labute approximate surface area is 283 Å². The molecular formula is C37H64N2O4S2. The number of amides is 1. The zero-order chi connectivity index (χ0) is 33.0. The van der Waals surface area contributed by atoms with E-state index in [9.17, 15) is 14.7 Å². The lowest BCUT2D eigenvalue weighted by Crippen LogP contribution is -2.42. The average molecular weight is 665 g/mol. The molecule has 2 aliphatic heterocycles. The topological polar surface area (TPSA) is 78.9 Å². The van der Waals surface area contributed by atoms with Gasteiger partial charge in [-0.2, -0.15) is 23.5 Å². The molecule has 6 rings (SSSR count). The van der Waals surface area contributed by atoms with Gasteiger partial charge in [0.2, 0.25) is 0 Å². The maximum absolute atomic E-state index is 12.7. The first kappa shape index (κ1) is 35.9. The van der Waals surface area contributed by atoms with E-state index in [4.69, 9.17) is 4.74 Å². The minimum Gasteiger partial charge on any atom is -0.444 e. The van der Waals surface area contributed by atoms with Crippen molar-refractivity contribution >= 4 is 35.4 Å². The number of carbonyl (C=O) groups excluding carboxylic acids is 2. The second-order valence-corrected chi connectivity index (χ2v) is 20.2. The summed E-state index contributed by atoms with van der Waals surface area (Å²) in [4.78, 5) is 27.2. The molecule has 4 saturated carbocycles. The summed E-state index contributed by atoms with van der Waals surface area (Å²) in [6.45, 7) is 21.6. The minimum atomic E-state index is -0.460. The highest BCUT2D eigenvalue weighted by atomic mass is 32.2. The Morgan fingerprint density at radius 2 is 1.64 bits per heavy atom. The van der Waals surface area contributed by atoms with Crippen LogP contribution in [0.15, 0.2) is 0 Å². The third kappa shape index (κ3) is 6.75. The van der Waals surface area contributed by atoms with Gasteiger partial charge in [0.15, 0.2) is 0 Å². The third-order valence-corrected chi connectivity index (χ3v) is 16.2. The van der Waals surface area contributed by atoms with E-state index in [1.54, 1.807) is 0 Å². The van der Waals surface area contributed by atoms with Gasteiger partial charge in [-0.1, -0.05) is 41.5 Å². The Kier molecular flexibility index (Phi) is 10.5. The van der Waals surface area contributed by atoms with Crippen LogP contribution in [0.4, 0.5) is 4.79 Å². The molecule has 4 aliphatic carbocycles. The number of nitrogens with zero attached hydrogens (tertiary/aromatic N) is 1. The van der Waals surface area contributed by atoms with E-state index in [0.717, 1.165) is 61.3 Å². The largest absolute Gasteiger partial charge is 0.444 e. The lowest BCUT2D eigenvalue weighted by Gasteiger charge is -2.40. The van der Waals surface area contributed by atoms with Gasteiger partial charge in [-0.3, -0.25) is 4.79 Å². The lowest BCUT2D eigenvalue weighted by atomic mass is 9.70. The van der Waals surface area contributed by atoms with Gasteiger partial charge in [-0.05, 0) is 107 Å². The molecule has 0 aromatic carbocycles. The van der Waals surface area contributed by atoms with E-state index in [0.29, 0.717) is 29.1 Å². The molecule has 6 aliphatic rings. The molecule has 9 atom stereocenters. The Hall–Kier alpha value is -0.440. The molecule has 1 amide bonds. The highest BCUT2D eigenvalue weighted by Gasteiger charge is 2.64. The highest BCUT2D eigenvalue weighted by Crippen LogP contribution is 2.67. The number of aliphatic hydroxyl groups excluding tert-OH is 1. The first-order valence-corrected chi connectivity index (χ1v) is 20.3. The Balaban J connectivity index is 0.000000186. The van der Waals surface area contributed by atoms with Gasteiger partial charge in [-0.25, -0.2) is 4.79 Å². The normalized spacial score (nSPS) is 41.1. The molecule has 2 N–H and O–H groups in total. The SMILES string of the molecule is C[C@@H]1C[C@@H](CSC[C@]23CCC(CC2=O)C3(C)C)N(C(=O)OC(C)(C)C)C1.C[C@H]1CN[C@H](CSC[C@]23CCC(CC2O)C3(C)C)C1. The molecule has 0 aromatic rings. The summed E-state index contributed by atoms with van der Waals surface area (Å²) < 4.78 is 5.60.